The number of aryl methyl sites for hydroxylation is 2. The zero-order valence-electron chi connectivity index (χ0n) is 17.0. The normalized spacial score (nSPS) is 14.8. The summed E-state index contributed by atoms with van der Waals surface area (Å²) in [5.41, 5.74) is 4.04. The fourth-order valence-corrected chi connectivity index (χ4v) is 3.76. The lowest BCUT2D eigenvalue weighted by Gasteiger charge is -2.29. The number of aromatic hydroxyl groups is 1. The van der Waals surface area contributed by atoms with Gasteiger partial charge in [0.1, 0.15) is 11.5 Å². The number of phenolic OH excluding ortho intramolecular Hbond substituents is 1. The van der Waals surface area contributed by atoms with Gasteiger partial charge in [-0.1, -0.05) is 30.3 Å². The number of para-hydroxylation sites is 2. The molecule has 0 unspecified atom stereocenters. The topological polar surface area (TPSA) is 66.8 Å². The molecule has 0 saturated carbocycles. The van der Waals surface area contributed by atoms with Crippen LogP contribution in [0.25, 0.3) is 11.6 Å². The van der Waals surface area contributed by atoms with E-state index >= 15 is 0 Å². The van der Waals surface area contributed by atoms with Crippen molar-refractivity contribution in [3.8, 4) is 11.5 Å². The SMILES string of the molecule is COc1ccccc1N1C(=O)/C(=C\c2cc(C)c(O)c(C)c2)c2ccccc2C1=O. The van der Waals surface area contributed by atoms with Crippen LogP contribution >= 0.6 is 0 Å². The Labute approximate surface area is 174 Å². The van der Waals surface area contributed by atoms with Gasteiger partial charge in [0.05, 0.1) is 12.8 Å². The molecule has 3 aromatic carbocycles. The zero-order chi connectivity index (χ0) is 21.4. The number of methoxy groups -OCH3 is 1. The highest BCUT2D eigenvalue weighted by molar-refractivity contribution is 6.43. The van der Waals surface area contributed by atoms with Crippen molar-refractivity contribution in [3.63, 3.8) is 0 Å². The van der Waals surface area contributed by atoms with Crippen LogP contribution in [-0.4, -0.2) is 24.0 Å². The Morgan fingerprint density at radius 3 is 2.13 bits per heavy atom. The molecule has 2 amide bonds. The lowest BCUT2D eigenvalue weighted by molar-refractivity contribution is -0.112. The van der Waals surface area contributed by atoms with Gasteiger partial charge in [0.25, 0.3) is 11.8 Å². The standard InChI is InChI=1S/C25H21NO4/c1-15-12-17(13-16(2)23(15)27)14-20-18-8-4-5-9-19(18)24(28)26(25(20)29)21-10-6-7-11-22(21)30-3/h4-14,27H,1-3H3/b20-14-. The molecule has 150 valence electrons. The number of amides is 2. The molecule has 0 atom stereocenters. The molecule has 5 nitrogen and oxygen atoms in total. The molecule has 5 heteroatoms. The van der Waals surface area contributed by atoms with Gasteiger partial charge in [-0.25, -0.2) is 4.90 Å². The van der Waals surface area contributed by atoms with E-state index < -0.39 is 11.8 Å². The smallest absolute Gasteiger partial charge is 0.266 e. The summed E-state index contributed by atoms with van der Waals surface area (Å²) < 4.78 is 5.39. The number of fused-ring (bicyclic) bond motifs is 1. The van der Waals surface area contributed by atoms with Crippen LogP contribution in [0.15, 0.2) is 60.7 Å². The lowest BCUT2D eigenvalue weighted by atomic mass is 9.91. The van der Waals surface area contributed by atoms with E-state index in [1.54, 1.807) is 54.6 Å². The molecule has 0 fully saturated rings. The largest absolute Gasteiger partial charge is 0.507 e. The van der Waals surface area contributed by atoms with Crippen molar-refractivity contribution in [2.24, 2.45) is 0 Å². The fraction of sp³-hybridized carbons (Fsp3) is 0.120. The van der Waals surface area contributed by atoms with Gasteiger partial charge in [-0.3, -0.25) is 9.59 Å². The molecule has 0 aromatic heterocycles. The molecule has 0 aliphatic carbocycles. The number of ether oxygens (including phenoxy) is 1. The maximum atomic E-state index is 13.5. The van der Waals surface area contributed by atoms with E-state index in [0.29, 0.717) is 28.1 Å². The van der Waals surface area contributed by atoms with Gasteiger partial charge < -0.3 is 9.84 Å². The summed E-state index contributed by atoms with van der Waals surface area (Å²) in [4.78, 5) is 27.9. The van der Waals surface area contributed by atoms with Gasteiger partial charge in [-0.15, -0.1) is 0 Å². The Morgan fingerprint density at radius 2 is 1.47 bits per heavy atom. The van der Waals surface area contributed by atoms with Gasteiger partial charge in [-0.05, 0) is 72.5 Å². The molecular formula is C25H21NO4. The maximum absolute atomic E-state index is 13.5. The minimum atomic E-state index is -0.424. The number of imide groups is 1. The number of anilines is 1. The van der Waals surface area contributed by atoms with Gasteiger partial charge in [-0.2, -0.15) is 0 Å². The van der Waals surface area contributed by atoms with E-state index in [1.165, 1.54) is 7.11 Å². The number of hydrogen-bond acceptors (Lipinski definition) is 4. The highest BCUT2D eigenvalue weighted by Gasteiger charge is 2.37. The molecule has 0 radical (unpaired) electrons. The highest BCUT2D eigenvalue weighted by atomic mass is 16.5. The Hall–Kier alpha value is -3.86. The summed E-state index contributed by atoms with van der Waals surface area (Å²) in [6.07, 6.45) is 1.76. The molecule has 0 bridgehead atoms. The van der Waals surface area contributed by atoms with Crippen molar-refractivity contribution in [2.75, 3.05) is 12.0 Å². The van der Waals surface area contributed by atoms with Gasteiger partial charge >= 0.3 is 0 Å². The van der Waals surface area contributed by atoms with Crippen LogP contribution in [0.2, 0.25) is 0 Å². The van der Waals surface area contributed by atoms with Crippen molar-refractivity contribution >= 4 is 29.2 Å². The molecule has 3 aromatic rings. The van der Waals surface area contributed by atoms with E-state index in [9.17, 15) is 14.7 Å². The second-order valence-corrected chi connectivity index (χ2v) is 7.22. The molecular weight excluding hydrogens is 378 g/mol. The monoisotopic (exact) mass is 399 g/mol. The summed E-state index contributed by atoms with van der Waals surface area (Å²) in [6.45, 7) is 3.62. The maximum Gasteiger partial charge on any atom is 0.266 e. The van der Waals surface area contributed by atoms with Crippen LogP contribution in [0.5, 0.6) is 11.5 Å². The third-order valence-corrected chi connectivity index (χ3v) is 5.23. The lowest BCUT2D eigenvalue weighted by Crippen LogP contribution is -2.42. The number of benzene rings is 3. The third kappa shape index (κ3) is 3.14. The highest BCUT2D eigenvalue weighted by Crippen LogP contribution is 2.37. The molecule has 0 spiro atoms. The Morgan fingerprint density at radius 1 is 0.867 bits per heavy atom. The van der Waals surface area contributed by atoms with Crippen molar-refractivity contribution in [1.82, 2.24) is 0 Å². The molecule has 0 saturated heterocycles. The Kier molecular flexibility index (Phi) is 4.88. The molecule has 4 rings (SSSR count). The van der Waals surface area contributed by atoms with Crippen LogP contribution < -0.4 is 9.64 Å². The van der Waals surface area contributed by atoms with Crippen LogP contribution in [0, 0.1) is 13.8 Å². The second kappa shape index (κ2) is 7.52. The average molecular weight is 399 g/mol. The molecule has 1 N–H and O–H groups in total. The predicted octanol–water partition coefficient (Wildman–Crippen LogP) is 4.75. The number of hydrogen-bond donors (Lipinski definition) is 1. The summed E-state index contributed by atoms with van der Waals surface area (Å²) in [5, 5.41) is 10.1. The second-order valence-electron chi connectivity index (χ2n) is 7.22. The van der Waals surface area contributed by atoms with Crippen LogP contribution in [0.4, 0.5) is 5.69 Å². The number of rotatable bonds is 3. The molecule has 1 aliphatic heterocycles. The molecule has 1 aliphatic rings. The summed E-state index contributed by atoms with van der Waals surface area (Å²) in [7, 11) is 1.50. The first-order valence-electron chi connectivity index (χ1n) is 9.55. The molecule has 1 heterocycles. The van der Waals surface area contributed by atoms with Crippen molar-refractivity contribution in [3.05, 3.63) is 88.5 Å². The Bertz CT molecular complexity index is 1190. The van der Waals surface area contributed by atoms with Gasteiger partial charge in [0, 0.05) is 11.1 Å². The number of nitrogens with zero attached hydrogens (tertiary/aromatic N) is 1. The van der Waals surface area contributed by atoms with Crippen molar-refractivity contribution in [1.29, 1.82) is 0 Å². The number of phenols is 1. The summed E-state index contributed by atoms with van der Waals surface area (Å²) in [6, 6.07) is 17.7. The van der Waals surface area contributed by atoms with Gasteiger partial charge in [0.2, 0.25) is 0 Å². The Balaban J connectivity index is 1.93. The number of carbonyl (C=O) groups excluding carboxylic acids is 2. The zero-order valence-corrected chi connectivity index (χ0v) is 17.0. The fourth-order valence-electron chi connectivity index (χ4n) is 3.76. The first kappa shape index (κ1) is 19.5. The van der Waals surface area contributed by atoms with E-state index in [0.717, 1.165) is 21.6 Å². The number of carbonyl (C=O) groups is 2. The predicted molar refractivity (Wildman–Crippen MR) is 117 cm³/mol. The van der Waals surface area contributed by atoms with Crippen molar-refractivity contribution < 1.29 is 19.4 Å². The van der Waals surface area contributed by atoms with Crippen LogP contribution in [-0.2, 0) is 4.79 Å². The van der Waals surface area contributed by atoms with Crippen molar-refractivity contribution in [2.45, 2.75) is 13.8 Å². The summed E-state index contributed by atoms with van der Waals surface area (Å²) >= 11 is 0. The van der Waals surface area contributed by atoms with Gasteiger partial charge in [0.15, 0.2) is 0 Å². The average Bonchev–Trinajstić information content (AvgIpc) is 2.75. The third-order valence-electron chi connectivity index (χ3n) is 5.23. The molecule has 30 heavy (non-hydrogen) atoms. The van der Waals surface area contributed by atoms with Crippen LogP contribution in [0.3, 0.4) is 0 Å². The first-order valence-corrected chi connectivity index (χ1v) is 9.55. The van der Waals surface area contributed by atoms with E-state index in [1.807, 2.05) is 26.0 Å². The quantitative estimate of drug-likeness (QED) is 0.510. The van der Waals surface area contributed by atoms with E-state index in [2.05, 4.69) is 0 Å². The minimum absolute atomic E-state index is 0.235. The van der Waals surface area contributed by atoms with E-state index in [4.69, 9.17) is 4.74 Å². The minimum Gasteiger partial charge on any atom is -0.507 e. The first-order chi connectivity index (χ1) is 14.4. The van der Waals surface area contributed by atoms with Crippen LogP contribution in [0.1, 0.15) is 32.6 Å². The van der Waals surface area contributed by atoms with E-state index in [-0.39, 0.29) is 5.75 Å². The summed E-state index contributed by atoms with van der Waals surface area (Å²) in [5.74, 6) is -0.144.